The molecule has 0 spiro atoms. The highest BCUT2D eigenvalue weighted by atomic mass is 32.1. The monoisotopic (exact) mass is 379 g/mol. The first-order chi connectivity index (χ1) is 12.5. The lowest BCUT2D eigenvalue weighted by Crippen LogP contribution is -2.39. The van der Waals surface area contributed by atoms with Crippen molar-refractivity contribution in [1.29, 1.82) is 0 Å². The van der Waals surface area contributed by atoms with Crippen molar-refractivity contribution >= 4 is 28.3 Å². The highest BCUT2D eigenvalue weighted by Gasteiger charge is 2.19. The fourth-order valence-electron chi connectivity index (χ4n) is 2.83. The fourth-order valence-corrected chi connectivity index (χ4v) is 3.57. The van der Waals surface area contributed by atoms with Crippen LogP contribution in [0.1, 0.15) is 32.1 Å². The van der Waals surface area contributed by atoms with Crippen molar-refractivity contribution in [2.75, 3.05) is 18.4 Å². The van der Waals surface area contributed by atoms with E-state index in [0.717, 1.165) is 37.8 Å². The summed E-state index contributed by atoms with van der Waals surface area (Å²) in [5.41, 5.74) is 0.881. The average Bonchev–Trinajstić information content (AvgIpc) is 3.05. The SMILES string of the molecule is O=C(CN1CCCCCCC1=O)Nc1nc(-c2ccc(F)c(F)c2)cs1. The lowest BCUT2D eigenvalue weighted by atomic mass is 10.1. The minimum atomic E-state index is -0.948. The zero-order valence-electron chi connectivity index (χ0n) is 14.1. The number of thiazole rings is 1. The van der Waals surface area contributed by atoms with Gasteiger partial charge in [-0.15, -0.1) is 11.3 Å². The Bertz CT molecular complexity index is 809. The molecule has 0 atom stereocenters. The van der Waals surface area contributed by atoms with Crippen LogP contribution in [0.4, 0.5) is 13.9 Å². The van der Waals surface area contributed by atoms with Crippen molar-refractivity contribution < 1.29 is 18.4 Å². The van der Waals surface area contributed by atoms with Gasteiger partial charge in [0.2, 0.25) is 11.8 Å². The first-order valence-electron chi connectivity index (χ1n) is 8.51. The van der Waals surface area contributed by atoms with E-state index >= 15 is 0 Å². The van der Waals surface area contributed by atoms with E-state index in [9.17, 15) is 18.4 Å². The molecule has 138 valence electrons. The molecule has 3 rings (SSSR count). The van der Waals surface area contributed by atoms with Crippen molar-refractivity contribution in [3.63, 3.8) is 0 Å². The van der Waals surface area contributed by atoms with E-state index < -0.39 is 11.6 Å². The van der Waals surface area contributed by atoms with Gasteiger partial charge in [0.15, 0.2) is 16.8 Å². The van der Waals surface area contributed by atoms with Crippen LogP contribution in [0, 0.1) is 11.6 Å². The average molecular weight is 379 g/mol. The molecular weight excluding hydrogens is 360 g/mol. The predicted octanol–water partition coefficient (Wildman–Crippen LogP) is 3.82. The first-order valence-corrected chi connectivity index (χ1v) is 9.39. The van der Waals surface area contributed by atoms with E-state index in [1.807, 2.05) is 0 Å². The van der Waals surface area contributed by atoms with Crippen LogP contribution < -0.4 is 5.32 Å². The number of hydrogen-bond donors (Lipinski definition) is 1. The van der Waals surface area contributed by atoms with E-state index in [1.165, 1.54) is 17.4 Å². The van der Waals surface area contributed by atoms with Crippen LogP contribution in [0.15, 0.2) is 23.6 Å². The predicted molar refractivity (Wildman–Crippen MR) is 95.8 cm³/mol. The van der Waals surface area contributed by atoms with Crippen LogP contribution in [-0.2, 0) is 9.59 Å². The largest absolute Gasteiger partial charge is 0.333 e. The number of amides is 2. The van der Waals surface area contributed by atoms with E-state index in [4.69, 9.17) is 0 Å². The van der Waals surface area contributed by atoms with Crippen molar-refractivity contribution in [3.8, 4) is 11.3 Å². The number of aromatic nitrogens is 1. The van der Waals surface area contributed by atoms with Gasteiger partial charge in [0.25, 0.3) is 0 Å². The molecule has 0 radical (unpaired) electrons. The number of rotatable bonds is 4. The summed E-state index contributed by atoms with van der Waals surface area (Å²) in [7, 11) is 0. The van der Waals surface area contributed by atoms with Gasteiger partial charge in [-0.25, -0.2) is 13.8 Å². The number of carbonyl (C=O) groups excluding carboxylic acids is 2. The van der Waals surface area contributed by atoms with Crippen molar-refractivity contribution in [1.82, 2.24) is 9.88 Å². The second kappa shape index (κ2) is 8.35. The molecule has 2 heterocycles. The van der Waals surface area contributed by atoms with Gasteiger partial charge < -0.3 is 10.2 Å². The molecule has 1 saturated heterocycles. The molecule has 0 unspecified atom stereocenters. The maximum Gasteiger partial charge on any atom is 0.245 e. The van der Waals surface area contributed by atoms with E-state index in [1.54, 1.807) is 10.3 Å². The van der Waals surface area contributed by atoms with Crippen LogP contribution in [0.5, 0.6) is 0 Å². The van der Waals surface area contributed by atoms with Crippen molar-refractivity contribution in [3.05, 3.63) is 35.2 Å². The van der Waals surface area contributed by atoms with Crippen LogP contribution in [0.3, 0.4) is 0 Å². The highest BCUT2D eigenvalue weighted by Crippen LogP contribution is 2.26. The summed E-state index contributed by atoms with van der Waals surface area (Å²) in [5, 5.41) is 4.68. The molecular formula is C18H19F2N3O2S. The van der Waals surface area contributed by atoms with E-state index in [0.29, 0.717) is 29.4 Å². The first kappa shape index (κ1) is 18.4. The van der Waals surface area contributed by atoms with Crippen molar-refractivity contribution in [2.24, 2.45) is 0 Å². The summed E-state index contributed by atoms with van der Waals surface area (Å²) < 4.78 is 26.4. The Labute approximate surface area is 154 Å². The molecule has 1 aliphatic rings. The van der Waals surface area contributed by atoms with Gasteiger partial charge in [-0.3, -0.25) is 9.59 Å². The second-order valence-corrected chi connectivity index (χ2v) is 7.05. The molecule has 0 bridgehead atoms. The quantitative estimate of drug-likeness (QED) is 0.878. The topological polar surface area (TPSA) is 62.3 Å². The molecule has 2 amide bonds. The number of halogens is 2. The third-order valence-corrected chi connectivity index (χ3v) is 4.98. The van der Waals surface area contributed by atoms with Crippen molar-refractivity contribution in [2.45, 2.75) is 32.1 Å². The summed E-state index contributed by atoms with van der Waals surface area (Å²) in [6, 6.07) is 3.53. The molecule has 1 aromatic carbocycles. The molecule has 1 aliphatic heterocycles. The lowest BCUT2D eigenvalue weighted by molar-refractivity contribution is -0.135. The minimum Gasteiger partial charge on any atom is -0.333 e. The zero-order valence-corrected chi connectivity index (χ0v) is 15.0. The third-order valence-electron chi connectivity index (χ3n) is 4.22. The Morgan fingerprint density at radius 1 is 1.19 bits per heavy atom. The van der Waals surface area contributed by atoms with Crippen LogP contribution >= 0.6 is 11.3 Å². The number of anilines is 1. The Kier molecular flexibility index (Phi) is 5.92. The van der Waals surface area contributed by atoms with Gasteiger partial charge in [0.1, 0.15) is 0 Å². The number of hydrogen-bond acceptors (Lipinski definition) is 4. The van der Waals surface area contributed by atoms with Gasteiger partial charge in [-0.1, -0.05) is 12.8 Å². The molecule has 0 aliphatic carbocycles. The van der Waals surface area contributed by atoms with Gasteiger partial charge in [-0.2, -0.15) is 0 Å². The maximum atomic E-state index is 13.3. The Hall–Kier alpha value is -2.35. The summed E-state index contributed by atoms with van der Waals surface area (Å²) in [5.74, 6) is -2.18. The van der Waals surface area contributed by atoms with Gasteiger partial charge in [0, 0.05) is 23.9 Å². The van der Waals surface area contributed by atoms with Crippen LogP contribution in [-0.4, -0.2) is 34.8 Å². The summed E-state index contributed by atoms with van der Waals surface area (Å²) >= 11 is 1.19. The molecule has 8 heteroatoms. The zero-order chi connectivity index (χ0) is 18.5. The number of likely N-dealkylation sites (tertiary alicyclic amines) is 1. The summed E-state index contributed by atoms with van der Waals surface area (Å²) in [6.45, 7) is 0.586. The molecule has 26 heavy (non-hydrogen) atoms. The lowest BCUT2D eigenvalue weighted by Gasteiger charge is -2.23. The number of nitrogens with zero attached hydrogens (tertiary/aromatic N) is 2. The molecule has 0 saturated carbocycles. The maximum absolute atomic E-state index is 13.3. The fraction of sp³-hybridized carbons (Fsp3) is 0.389. The Morgan fingerprint density at radius 3 is 2.81 bits per heavy atom. The van der Waals surface area contributed by atoms with Crippen LogP contribution in [0.25, 0.3) is 11.3 Å². The summed E-state index contributed by atoms with van der Waals surface area (Å²) in [4.78, 5) is 30.1. The number of benzene rings is 1. The third kappa shape index (κ3) is 4.63. The Balaban J connectivity index is 1.62. The standard InChI is InChI=1S/C18H19F2N3O2S/c19-13-7-6-12(9-14(13)20)15-11-26-18(21-15)22-16(24)10-23-8-4-2-1-3-5-17(23)25/h6-7,9,11H,1-5,8,10H2,(H,21,22,24). The number of nitrogens with one attached hydrogen (secondary N) is 1. The summed E-state index contributed by atoms with van der Waals surface area (Å²) in [6.07, 6.45) is 4.36. The highest BCUT2D eigenvalue weighted by molar-refractivity contribution is 7.14. The van der Waals surface area contributed by atoms with E-state index in [2.05, 4.69) is 10.3 Å². The minimum absolute atomic E-state index is 0.00107. The molecule has 1 N–H and O–H groups in total. The van der Waals surface area contributed by atoms with Gasteiger partial charge in [0.05, 0.1) is 12.2 Å². The van der Waals surface area contributed by atoms with Gasteiger partial charge in [-0.05, 0) is 31.0 Å². The number of carbonyl (C=O) groups is 2. The second-order valence-electron chi connectivity index (χ2n) is 6.19. The Morgan fingerprint density at radius 2 is 2.00 bits per heavy atom. The van der Waals surface area contributed by atoms with E-state index in [-0.39, 0.29) is 18.4 Å². The molecule has 1 aromatic heterocycles. The normalized spacial score (nSPS) is 15.5. The van der Waals surface area contributed by atoms with Gasteiger partial charge >= 0.3 is 0 Å². The molecule has 2 aromatic rings. The smallest absolute Gasteiger partial charge is 0.245 e. The van der Waals surface area contributed by atoms with Crippen LogP contribution in [0.2, 0.25) is 0 Å². The molecule has 5 nitrogen and oxygen atoms in total. The molecule has 1 fully saturated rings.